The molecule has 1 fully saturated rings. The quantitative estimate of drug-likeness (QED) is 0.684. The van der Waals surface area contributed by atoms with E-state index in [0.29, 0.717) is 31.7 Å². The fourth-order valence-electron chi connectivity index (χ4n) is 3.63. The molecule has 0 atom stereocenters. The summed E-state index contributed by atoms with van der Waals surface area (Å²) in [6, 6.07) is 11.4. The summed E-state index contributed by atoms with van der Waals surface area (Å²) in [7, 11) is -3.95. The van der Waals surface area contributed by atoms with Crippen molar-refractivity contribution in [2.24, 2.45) is 0 Å². The molecule has 1 aliphatic rings. The number of benzene rings is 1. The van der Waals surface area contributed by atoms with E-state index in [1.165, 1.54) is 16.5 Å². The molecular formula is C19H19ClFN3O3S. The third-order valence-corrected chi connectivity index (χ3v) is 6.99. The predicted octanol–water partition coefficient (Wildman–Crippen LogP) is 3.15. The van der Waals surface area contributed by atoms with Gasteiger partial charge in [-0.2, -0.15) is 0 Å². The molecule has 28 heavy (non-hydrogen) atoms. The number of sulfonamides is 1. The fraction of sp³-hybridized carbons (Fsp3) is 0.316. The van der Waals surface area contributed by atoms with Crippen LogP contribution >= 0.6 is 11.6 Å². The Morgan fingerprint density at radius 3 is 2.75 bits per heavy atom. The summed E-state index contributed by atoms with van der Waals surface area (Å²) >= 11 is 6.13. The van der Waals surface area contributed by atoms with Crippen molar-refractivity contribution in [3.05, 3.63) is 65.2 Å². The summed E-state index contributed by atoms with van der Waals surface area (Å²) in [6.45, 7) is 1.07. The first-order valence-corrected chi connectivity index (χ1v) is 10.7. The fourth-order valence-corrected chi connectivity index (χ4v) is 5.40. The minimum absolute atomic E-state index is 0.0921. The largest absolute Gasteiger partial charge is 0.381 e. The summed E-state index contributed by atoms with van der Waals surface area (Å²) < 4.78 is 49.5. The molecule has 0 spiro atoms. The lowest BCUT2D eigenvalue weighted by Crippen LogP contribution is -2.44. The average molecular weight is 424 g/mol. The second-order valence-corrected chi connectivity index (χ2v) is 8.90. The van der Waals surface area contributed by atoms with Crippen molar-refractivity contribution < 1.29 is 17.5 Å². The van der Waals surface area contributed by atoms with Gasteiger partial charge in [-0.1, -0.05) is 29.8 Å². The maximum atomic E-state index is 13.8. The zero-order chi connectivity index (χ0) is 19.8. The highest BCUT2D eigenvalue weighted by atomic mass is 35.5. The number of hydrogen-bond acceptors (Lipinski definition) is 4. The summed E-state index contributed by atoms with van der Waals surface area (Å²) in [5.41, 5.74) is 0.641. The Bertz CT molecular complexity index is 1110. The van der Waals surface area contributed by atoms with E-state index in [1.54, 1.807) is 30.5 Å². The lowest BCUT2D eigenvalue weighted by atomic mass is 9.74. The first kappa shape index (κ1) is 19.3. The Morgan fingerprint density at radius 2 is 2.00 bits per heavy atom. The number of imidazole rings is 1. The number of rotatable bonds is 5. The minimum Gasteiger partial charge on any atom is -0.381 e. The number of ether oxygens (including phenoxy) is 1. The van der Waals surface area contributed by atoms with Crippen LogP contribution in [0, 0.1) is 5.82 Å². The van der Waals surface area contributed by atoms with Crippen LogP contribution in [0.4, 0.5) is 4.39 Å². The van der Waals surface area contributed by atoms with E-state index in [1.807, 2.05) is 6.07 Å². The summed E-state index contributed by atoms with van der Waals surface area (Å²) in [6.07, 6.45) is 2.76. The number of pyridine rings is 1. The molecule has 1 aromatic carbocycles. The van der Waals surface area contributed by atoms with Crippen LogP contribution in [0.25, 0.3) is 5.65 Å². The van der Waals surface area contributed by atoms with Crippen molar-refractivity contribution >= 4 is 27.3 Å². The maximum absolute atomic E-state index is 13.8. The number of nitrogens with one attached hydrogen (secondary N) is 1. The van der Waals surface area contributed by atoms with Crippen molar-refractivity contribution in [2.75, 3.05) is 19.8 Å². The molecule has 0 bridgehead atoms. The van der Waals surface area contributed by atoms with E-state index in [9.17, 15) is 12.8 Å². The van der Waals surface area contributed by atoms with E-state index in [-0.39, 0.29) is 22.5 Å². The van der Waals surface area contributed by atoms with Gasteiger partial charge in [0.15, 0.2) is 10.2 Å². The van der Waals surface area contributed by atoms with Crippen molar-refractivity contribution in [3.8, 4) is 0 Å². The molecule has 0 radical (unpaired) electrons. The molecule has 1 saturated heterocycles. The Kier molecular flexibility index (Phi) is 5.13. The Labute approximate surface area is 167 Å². The zero-order valence-electron chi connectivity index (χ0n) is 14.9. The van der Waals surface area contributed by atoms with Crippen LogP contribution in [0.2, 0.25) is 5.15 Å². The van der Waals surface area contributed by atoms with Gasteiger partial charge in [0.05, 0.1) is 0 Å². The third kappa shape index (κ3) is 3.53. The van der Waals surface area contributed by atoms with Gasteiger partial charge in [0.2, 0.25) is 0 Å². The van der Waals surface area contributed by atoms with Crippen molar-refractivity contribution in [1.29, 1.82) is 0 Å². The molecular weight excluding hydrogens is 405 g/mol. The number of aromatic nitrogens is 2. The second kappa shape index (κ2) is 7.44. The smallest absolute Gasteiger partial charge is 0.259 e. The van der Waals surface area contributed by atoms with E-state index < -0.39 is 15.4 Å². The molecule has 0 unspecified atom stereocenters. The standard InChI is InChI=1S/C19H19ClFN3O3S/c20-17-18(24-9-2-1-6-16(24)23-17)28(25,26)22-13-19(7-10-27-11-8-19)14-4-3-5-15(21)12-14/h1-6,9,12,22H,7-8,10-11,13H2. The molecule has 148 valence electrons. The van der Waals surface area contributed by atoms with Gasteiger partial charge < -0.3 is 4.74 Å². The van der Waals surface area contributed by atoms with E-state index in [4.69, 9.17) is 16.3 Å². The van der Waals surface area contributed by atoms with Crippen LogP contribution in [0.3, 0.4) is 0 Å². The number of halogens is 2. The van der Waals surface area contributed by atoms with Crippen LogP contribution in [-0.2, 0) is 20.2 Å². The second-order valence-electron chi connectivity index (χ2n) is 6.86. The molecule has 0 amide bonds. The molecule has 1 N–H and O–H groups in total. The highest BCUT2D eigenvalue weighted by molar-refractivity contribution is 7.89. The maximum Gasteiger partial charge on any atom is 0.259 e. The topological polar surface area (TPSA) is 72.7 Å². The molecule has 6 nitrogen and oxygen atoms in total. The number of fused-ring (bicyclic) bond motifs is 1. The van der Waals surface area contributed by atoms with Crippen LogP contribution in [0.15, 0.2) is 53.7 Å². The van der Waals surface area contributed by atoms with Crippen LogP contribution in [0.1, 0.15) is 18.4 Å². The molecule has 0 aliphatic carbocycles. The first-order chi connectivity index (χ1) is 13.4. The highest BCUT2D eigenvalue weighted by Gasteiger charge is 2.37. The average Bonchev–Trinajstić information content (AvgIpc) is 3.04. The normalized spacial score (nSPS) is 17.1. The lowest BCUT2D eigenvalue weighted by Gasteiger charge is -2.37. The van der Waals surface area contributed by atoms with Gasteiger partial charge in [0, 0.05) is 31.4 Å². The molecule has 0 saturated carbocycles. The lowest BCUT2D eigenvalue weighted by molar-refractivity contribution is 0.0516. The number of nitrogens with zero attached hydrogens (tertiary/aromatic N) is 2. The summed E-state index contributed by atoms with van der Waals surface area (Å²) in [5.74, 6) is -0.351. The zero-order valence-corrected chi connectivity index (χ0v) is 16.5. The van der Waals surface area contributed by atoms with Crippen molar-refractivity contribution in [2.45, 2.75) is 23.3 Å². The van der Waals surface area contributed by atoms with Crippen molar-refractivity contribution in [1.82, 2.24) is 14.1 Å². The SMILES string of the molecule is O=S(=O)(NCC1(c2cccc(F)c2)CCOCC1)c1c(Cl)nc2ccccn12. The predicted molar refractivity (Wildman–Crippen MR) is 104 cm³/mol. The summed E-state index contributed by atoms with van der Waals surface area (Å²) in [5, 5.41) is -0.197. The number of hydrogen-bond donors (Lipinski definition) is 1. The Morgan fingerprint density at radius 1 is 1.21 bits per heavy atom. The van der Waals surface area contributed by atoms with Gasteiger partial charge in [-0.25, -0.2) is 22.5 Å². The van der Waals surface area contributed by atoms with Gasteiger partial charge in [0.25, 0.3) is 10.0 Å². The molecule has 3 aromatic rings. The van der Waals surface area contributed by atoms with Gasteiger partial charge >= 0.3 is 0 Å². The third-order valence-electron chi connectivity index (χ3n) is 5.19. The molecule has 3 heterocycles. The molecule has 2 aromatic heterocycles. The van der Waals surface area contributed by atoms with E-state index in [2.05, 4.69) is 9.71 Å². The first-order valence-electron chi connectivity index (χ1n) is 8.87. The molecule has 9 heteroatoms. The van der Waals surface area contributed by atoms with Gasteiger partial charge in [-0.05, 0) is 42.7 Å². The molecule has 4 rings (SSSR count). The van der Waals surface area contributed by atoms with E-state index >= 15 is 0 Å². The van der Waals surface area contributed by atoms with Crippen LogP contribution < -0.4 is 4.72 Å². The van der Waals surface area contributed by atoms with E-state index in [0.717, 1.165) is 5.56 Å². The van der Waals surface area contributed by atoms with Gasteiger partial charge in [-0.3, -0.25) is 4.40 Å². The highest BCUT2D eigenvalue weighted by Crippen LogP contribution is 2.35. The van der Waals surface area contributed by atoms with Crippen LogP contribution in [-0.4, -0.2) is 37.6 Å². The minimum atomic E-state index is -3.95. The monoisotopic (exact) mass is 423 g/mol. The van der Waals surface area contributed by atoms with Crippen molar-refractivity contribution in [3.63, 3.8) is 0 Å². The van der Waals surface area contributed by atoms with Crippen LogP contribution in [0.5, 0.6) is 0 Å². The molecule has 1 aliphatic heterocycles. The Balaban J connectivity index is 1.68. The summed E-state index contributed by atoms with van der Waals surface area (Å²) in [4.78, 5) is 4.10. The van der Waals surface area contributed by atoms with Gasteiger partial charge in [-0.15, -0.1) is 0 Å². The van der Waals surface area contributed by atoms with Gasteiger partial charge in [0.1, 0.15) is 11.5 Å². The Hall–Kier alpha value is -2.00.